The van der Waals surface area contributed by atoms with Crippen molar-refractivity contribution in [2.45, 2.75) is 0 Å². The van der Waals surface area contributed by atoms with Crippen LogP contribution in [0, 0.1) is 5.41 Å². The smallest absolute Gasteiger partial charge is 0.322 e. The molecule has 10 heavy (non-hydrogen) atoms. The average molecular weight is 323 g/mol. The third-order valence-corrected chi connectivity index (χ3v) is 0.430. The number of hydrogen-bond donors (Lipinski definition) is 4. The molecule has 5 N–H and O–H groups in total. The molecule has 0 aliphatic carbocycles. The number of aliphatic carboxylic acids is 1. The summed E-state index contributed by atoms with van der Waals surface area (Å²) in [5.74, 6) is -1.35. The first-order valence-corrected chi connectivity index (χ1v) is 1.92. The number of carboxylic acids is 1. The Morgan fingerprint density at radius 1 is 1.60 bits per heavy atom. The molecule has 0 heterocycles. The van der Waals surface area contributed by atoms with Gasteiger partial charge >= 0.3 is 5.97 Å². The maximum Gasteiger partial charge on any atom is 0.322 e. The molecule has 5 nitrogen and oxygen atoms in total. The summed E-state index contributed by atoms with van der Waals surface area (Å²) in [5.41, 5.74) is 4.75. The van der Waals surface area contributed by atoms with Gasteiger partial charge < -0.3 is 16.2 Å². The standard InChI is InChI=1S/C3H7N3O2.2Rh/c4-3(5)6-1-2(7)8;;/h1H2,(H,7,8)(H4,4,5,6);;. The van der Waals surface area contributed by atoms with E-state index in [1.807, 2.05) is 0 Å². The number of nitrogens with one attached hydrogen (secondary N) is 2. The summed E-state index contributed by atoms with van der Waals surface area (Å²) in [6, 6.07) is 0. The van der Waals surface area contributed by atoms with E-state index in [2.05, 4.69) is 5.32 Å². The molecule has 0 fully saturated rings. The average Bonchev–Trinajstić information content (AvgIpc) is 1.61. The van der Waals surface area contributed by atoms with Crippen LogP contribution in [0.15, 0.2) is 0 Å². The Kier molecular flexibility index (Phi) is 14.8. The fraction of sp³-hybridized carbons (Fsp3) is 0.333. The first-order chi connectivity index (χ1) is 3.63. The number of rotatable bonds is 2. The minimum absolute atomic E-state index is 0. The van der Waals surface area contributed by atoms with Gasteiger partial charge in [0, 0.05) is 39.0 Å². The van der Waals surface area contributed by atoms with Crippen LogP contribution in [-0.4, -0.2) is 23.6 Å². The predicted octanol–water partition coefficient (Wildman–Crippen LogP) is -1.45. The van der Waals surface area contributed by atoms with E-state index in [0.717, 1.165) is 0 Å². The monoisotopic (exact) mass is 323 g/mol. The van der Waals surface area contributed by atoms with Gasteiger partial charge in [0.2, 0.25) is 0 Å². The van der Waals surface area contributed by atoms with Crippen LogP contribution in [0.3, 0.4) is 0 Å². The largest absolute Gasteiger partial charge is 0.480 e. The zero-order valence-electron chi connectivity index (χ0n) is 4.81. The molecule has 0 aliphatic rings. The first kappa shape index (κ1) is 16.5. The van der Waals surface area contributed by atoms with E-state index >= 15 is 0 Å². The van der Waals surface area contributed by atoms with Crippen molar-refractivity contribution >= 4 is 11.9 Å². The van der Waals surface area contributed by atoms with Crippen LogP contribution in [0.5, 0.6) is 0 Å². The Balaban J connectivity index is -0.000000245. The van der Waals surface area contributed by atoms with Gasteiger partial charge in [-0.2, -0.15) is 0 Å². The van der Waals surface area contributed by atoms with Crippen molar-refractivity contribution in [3.63, 3.8) is 0 Å². The van der Waals surface area contributed by atoms with E-state index in [0.29, 0.717) is 0 Å². The van der Waals surface area contributed by atoms with Gasteiger partial charge in [-0.3, -0.25) is 10.2 Å². The molecule has 0 saturated carbocycles. The fourth-order valence-corrected chi connectivity index (χ4v) is 0.171. The van der Waals surface area contributed by atoms with E-state index in [9.17, 15) is 4.79 Å². The second-order valence-corrected chi connectivity index (χ2v) is 1.16. The Morgan fingerprint density at radius 2 is 2.00 bits per heavy atom. The van der Waals surface area contributed by atoms with Gasteiger partial charge in [0.15, 0.2) is 5.96 Å². The second-order valence-electron chi connectivity index (χ2n) is 1.16. The van der Waals surface area contributed by atoms with Crippen LogP contribution < -0.4 is 11.1 Å². The Morgan fingerprint density at radius 3 is 2.10 bits per heavy atom. The van der Waals surface area contributed by atoms with Gasteiger partial charge in [0.05, 0.1) is 0 Å². The zero-order valence-corrected chi connectivity index (χ0v) is 8.08. The van der Waals surface area contributed by atoms with Crippen LogP contribution in [0.4, 0.5) is 0 Å². The van der Waals surface area contributed by atoms with Crippen LogP contribution in [0.1, 0.15) is 0 Å². The Labute approximate surface area is 83.8 Å². The van der Waals surface area contributed by atoms with E-state index in [4.69, 9.17) is 16.2 Å². The molecule has 0 aromatic heterocycles. The summed E-state index contributed by atoms with van der Waals surface area (Å²) in [6.45, 7) is -0.296. The molecule has 0 amide bonds. The summed E-state index contributed by atoms with van der Waals surface area (Å²) in [7, 11) is 0. The molecule has 0 aromatic rings. The summed E-state index contributed by atoms with van der Waals surface area (Å²) < 4.78 is 0. The van der Waals surface area contributed by atoms with Crippen molar-refractivity contribution in [2.75, 3.05) is 6.54 Å². The first-order valence-electron chi connectivity index (χ1n) is 1.92. The number of guanidine groups is 1. The van der Waals surface area contributed by atoms with Crippen molar-refractivity contribution in [3.8, 4) is 0 Å². The summed E-state index contributed by atoms with van der Waals surface area (Å²) in [5, 5.41) is 16.5. The topological polar surface area (TPSA) is 99.2 Å². The van der Waals surface area contributed by atoms with E-state index in [1.165, 1.54) is 0 Å². The molecule has 7 heteroatoms. The SMILES string of the molecule is N=C(N)NCC(=O)O.[Rh].[Rh]. The maximum atomic E-state index is 9.69. The Hall–Kier alpha value is -0.0132. The number of carboxylic acid groups (broad SMARTS) is 1. The molecule has 0 spiro atoms. The van der Waals surface area contributed by atoms with Crippen LogP contribution in [0.2, 0.25) is 0 Å². The summed E-state index contributed by atoms with van der Waals surface area (Å²) >= 11 is 0. The summed E-state index contributed by atoms with van der Waals surface area (Å²) in [6.07, 6.45) is 0. The molecule has 0 saturated heterocycles. The zero-order chi connectivity index (χ0) is 6.57. The molecule has 0 bridgehead atoms. The van der Waals surface area contributed by atoms with Gasteiger partial charge in [-0.05, 0) is 0 Å². The molecule has 0 unspecified atom stereocenters. The van der Waals surface area contributed by atoms with Gasteiger partial charge in [-0.1, -0.05) is 0 Å². The minimum Gasteiger partial charge on any atom is -0.480 e. The predicted molar refractivity (Wildman–Crippen MR) is 27.6 cm³/mol. The number of carbonyl (C=O) groups is 1. The van der Waals surface area contributed by atoms with Crippen molar-refractivity contribution < 1.29 is 48.9 Å². The van der Waals surface area contributed by atoms with Crippen molar-refractivity contribution in [2.24, 2.45) is 5.73 Å². The van der Waals surface area contributed by atoms with E-state index < -0.39 is 5.97 Å². The fourth-order valence-electron chi connectivity index (χ4n) is 0.171. The van der Waals surface area contributed by atoms with Gasteiger partial charge in [-0.15, -0.1) is 0 Å². The maximum absolute atomic E-state index is 9.69. The van der Waals surface area contributed by atoms with Crippen molar-refractivity contribution in [3.05, 3.63) is 0 Å². The molecular weight excluding hydrogens is 316 g/mol. The molecule has 2 radical (unpaired) electrons. The Bertz CT molecular complexity index is 104. The van der Waals surface area contributed by atoms with Crippen LogP contribution >= 0.6 is 0 Å². The molecule has 64 valence electrons. The molecule has 0 rings (SSSR count). The molecule has 0 aliphatic heterocycles. The van der Waals surface area contributed by atoms with Gasteiger partial charge in [0.25, 0.3) is 0 Å². The summed E-state index contributed by atoms with van der Waals surface area (Å²) in [4.78, 5) is 9.69. The second kappa shape index (κ2) is 8.99. The molecule has 0 atom stereocenters. The molecule has 0 aromatic carbocycles. The van der Waals surface area contributed by atoms with Crippen LogP contribution in [-0.2, 0) is 43.8 Å². The normalized spacial score (nSPS) is 6.40. The third kappa shape index (κ3) is 15.7. The van der Waals surface area contributed by atoms with E-state index in [-0.39, 0.29) is 51.5 Å². The minimum atomic E-state index is -1.03. The van der Waals surface area contributed by atoms with Crippen molar-refractivity contribution in [1.29, 1.82) is 5.41 Å². The van der Waals surface area contributed by atoms with E-state index in [1.54, 1.807) is 0 Å². The number of nitrogens with two attached hydrogens (primary N) is 1. The molecular formula is C3H7N3O2Rh2. The van der Waals surface area contributed by atoms with Gasteiger partial charge in [0.1, 0.15) is 6.54 Å². The number of hydrogen-bond acceptors (Lipinski definition) is 2. The van der Waals surface area contributed by atoms with Crippen LogP contribution in [0.25, 0.3) is 0 Å². The van der Waals surface area contributed by atoms with Crippen molar-refractivity contribution in [1.82, 2.24) is 5.32 Å². The quantitative estimate of drug-likeness (QED) is 0.284. The third-order valence-electron chi connectivity index (χ3n) is 0.430. The van der Waals surface area contributed by atoms with Gasteiger partial charge in [-0.25, -0.2) is 0 Å².